The predicted molar refractivity (Wildman–Crippen MR) is 53.5 cm³/mol. The lowest BCUT2D eigenvalue weighted by atomic mass is 10.2. The first-order valence-corrected chi connectivity index (χ1v) is 4.42. The monoisotopic (exact) mass is 199 g/mol. The van der Waals surface area contributed by atoms with E-state index in [9.17, 15) is 0 Å². The van der Waals surface area contributed by atoms with Gasteiger partial charge in [0.2, 0.25) is 0 Å². The zero-order valence-electron chi connectivity index (χ0n) is 8.02. The van der Waals surface area contributed by atoms with Crippen molar-refractivity contribution in [3.63, 3.8) is 0 Å². The summed E-state index contributed by atoms with van der Waals surface area (Å²) in [7, 11) is 0. The molecule has 0 aliphatic carbocycles. The van der Waals surface area contributed by atoms with Gasteiger partial charge >= 0.3 is 0 Å². The second-order valence-electron chi connectivity index (χ2n) is 3.68. The highest BCUT2D eigenvalue weighted by Gasteiger charge is 2.13. The summed E-state index contributed by atoms with van der Waals surface area (Å²) in [6.07, 6.45) is 3.08. The highest BCUT2D eigenvalue weighted by molar-refractivity contribution is 7.80. The lowest BCUT2D eigenvalue weighted by Crippen LogP contribution is -2.25. The van der Waals surface area contributed by atoms with Crippen LogP contribution < -0.4 is 0 Å². The van der Waals surface area contributed by atoms with E-state index in [0.29, 0.717) is 11.6 Å². The molecule has 0 amide bonds. The normalized spacial score (nSPS) is 11.3. The lowest BCUT2D eigenvalue weighted by molar-refractivity contribution is 0.116. The van der Waals surface area contributed by atoms with Crippen molar-refractivity contribution < 1.29 is 4.74 Å². The third-order valence-electron chi connectivity index (χ3n) is 1.18. The highest BCUT2D eigenvalue weighted by atomic mass is 32.1. The number of hydrogen-bond acceptors (Lipinski definition) is 4. The molecule has 4 nitrogen and oxygen atoms in total. The van der Waals surface area contributed by atoms with Crippen molar-refractivity contribution >= 4 is 17.3 Å². The van der Waals surface area contributed by atoms with Crippen LogP contribution in [0, 0.1) is 0 Å². The zero-order chi connectivity index (χ0) is 9.90. The van der Waals surface area contributed by atoms with E-state index in [1.165, 1.54) is 6.33 Å². The fraction of sp³-hybridized carbons (Fsp3) is 0.625. The van der Waals surface area contributed by atoms with Crippen molar-refractivity contribution in [2.24, 2.45) is 0 Å². The van der Waals surface area contributed by atoms with E-state index in [1.54, 1.807) is 11.0 Å². The number of hydrogen-bond donors (Lipinski definition) is 0. The van der Waals surface area contributed by atoms with Crippen LogP contribution in [0.2, 0.25) is 0 Å². The van der Waals surface area contributed by atoms with Gasteiger partial charge in [-0.3, -0.25) is 0 Å². The molecule has 13 heavy (non-hydrogen) atoms. The minimum absolute atomic E-state index is 0.238. The maximum atomic E-state index is 5.45. The van der Waals surface area contributed by atoms with E-state index in [4.69, 9.17) is 17.0 Å². The Morgan fingerprint density at radius 2 is 2.23 bits per heavy atom. The van der Waals surface area contributed by atoms with Gasteiger partial charge in [0, 0.05) is 0 Å². The van der Waals surface area contributed by atoms with Crippen LogP contribution in [0.3, 0.4) is 0 Å². The number of rotatable bonds is 2. The average Bonchev–Trinajstić information content (AvgIpc) is 2.34. The molecular formula is C8H13N3OS. The van der Waals surface area contributed by atoms with E-state index in [-0.39, 0.29) is 5.60 Å². The quantitative estimate of drug-likeness (QED) is 0.675. The Labute approximate surface area is 82.9 Å². The van der Waals surface area contributed by atoms with Crippen LogP contribution >= 0.6 is 12.2 Å². The standard InChI is InChI=1S/C8H13N3OS/c1-8(2,3)12-7(13)4-11-6-9-5-10-11/h5-6H,4H2,1-3H3. The topological polar surface area (TPSA) is 39.9 Å². The van der Waals surface area contributed by atoms with Crippen molar-refractivity contribution in [3.8, 4) is 0 Å². The minimum Gasteiger partial charge on any atom is -0.480 e. The molecule has 1 rings (SSSR count). The van der Waals surface area contributed by atoms with Crippen LogP contribution in [0.1, 0.15) is 20.8 Å². The summed E-state index contributed by atoms with van der Waals surface area (Å²) < 4.78 is 7.09. The summed E-state index contributed by atoms with van der Waals surface area (Å²) in [5.74, 6) is 0. The van der Waals surface area contributed by atoms with Gasteiger partial charge in [0.05, 0.1) is 0 Å². The first-order chi connectivity index (χ1) is 5.97. The summed E-state index contributed by atoms with van der Waals surface area (Å²) in [5, 5.41) is 4.45. The molecule has 0 aromatic carbocycles. The molecule has 0 saturated heterocycles. The maximum Gasteiger partial charge on any atom is 0.182 e. The number of nitrogens with zero attached hydrogens (tertiary/aromatic N) is 3. The van der Waals surface area contributed by atoms with Crippen molar-refractivity contribution in [1.29, 1.82) is 0 Å². The molecule has 0 aliphatic rings. The van der Waals surface area contributed by atoms with Gasteiger partial charge in [0.15, 0.2) is 5.05 Å². The number of thiocarbonyl (C=S) groups is 1. The minimum atomic E-state index is -0.238. The molecule has 0 unspecified atom stereocenters. The van der Waals surface area contributed by atoms with E-state index in [1.807, 2.05) is 20.8 Å². The molecule has 0 spiro atoms. The smallest absolute Gasteiger partial charge is 0.182 e. The number of aromatic nitrogens is 3. The molecular weight excluding hydrogens is 186 g/mol. The van der Waals surface area contributed by atoms with E-state index < -0.39 is 0 Å². The van der Waals surface area contributed by atoms with E-state index >= 15 is 0 Å². The van der Waals surface area contributed by atoms with Gasteiger partial charge in [-0.1, -0.05) is 0 Å². The molecule has 0 fully saturated rings. The molecule has 0 radical (unpaired) electrons. The largest absolute Gasteiger partial charge is 0.480 e. The average molecular weight is 199 g/mol. The van der Waals surface area contributed by atoms with Crippen LogP contribution in [0.5, 0.6) is 0 Å². The zero-order valence-corrected chi connectivity index (χ0v) is 8.84. The van der Waals surface area contributed by atoms with Crippen molar-refractivity contribution in [3.05, 3.63) is 12.7 Å². The fourth-order valence-corrected chi connectivity index (χ4v) is 1.20. The van der Waals surface area contributed by atoms with Crippen LogP contribution in [0.4, 0.5) is 0 Å². The predicted octanol–water partition coefficient (Wildman–Crippen LogP) is 1.42. The second-order valence-corrected chi connectivity index (χ2v) is 4.13. The van der Waals surface area contributed by atoms with Gasteiger partial charge in [-0.2, -0.15) is 5.10 Å². The molecule has 0 N–H and O–H groups in total. The van der Waals surface area contributed by atoms with Gasteiger partial charge in [0.1, 0.15) is 24.8 Å². The Morgan fingerprint density at radius 1 is 1.54 bits per heavy atom. The third kappa shape index (κ3) is 3.98. The van der Waals surface area contributed by atoms with Crippen molar-refractivity contribution in [2.45, 2.75) is 32.9 Å². The Morgan fingerprint density at radius 3 is 2.69 bits per heavy atom. The van der Waals surface area contributed by atoms with Gasteiger partial charge in [-0.05, 0) is 33.0 Å². The molecule has 5 heteroatoms. The van der Waals surface area contributed by atoms with Gasteiger partial charge < -0.3 is 4.74 Å². The molecule has 1 aromatic heterocycles. The van der Waals surface area contributed by atoms with Crippen LogP contribution in [0.15, 0.2) is 12.7 Å². The van der Waals surface area contributed by atoms with E-state index in [2.05, 4.69) is 10.1 Å². The highest BCUT2D eigenvalue weighted by Crippen LogP contribution is 2.08. The third-order valence-corrected chi connectivity index (χ3v) is 1.39. The number of ether oxygens (including phenoxy) is 1. The van der Waals surface area contributed by atoms with E-state index in [0.717, 1.165) is 0 Å². The molecule has 0 aliphatic heterocycles. The molecule has 1 aromatic rings. The van der Waals surface area contributed by atoms with Crippen molar-refractivity contribution in [1.82, 2.24) is 14.8 Å². The van der Waals surface area contributed by atoms with Crippen LogP contribution in [-0.4, -0.2) is 25.4 Å². The van der Waals surface area contributed by atoms with Crippen LogP contribution in [0.25, 0.3) is 0 Å². The molecule has 72 valence electrons. The summed E-state index contributed by atoms with van der Waals surface area (Å²) in [6, 6.07) is 0. The maximum absolute atomic E-state index is 5.45. The Hall–Kier alpha value is -0.970. The van der Waals surface area contributed by atoms with Gasteiger partial charge in [0.25, 0.3) is 0 Å². The molecule has 0 bridgehead atoms. The Kier molecular flexibility index (Phi) is 2.98. The Balaban J connectivity index is 2.43. The summed E-state index contributed by atoms with van der Waals surface area (Å²) in [5.41, 5.74) is -0.238. The summed E-state index contributed by atoms with van der Waals surface area (Å²) in [4.78, 5) is 3.81. The van der Waals surface area contributed by atoms with Gasteiger partial charge in [-0.25, -0.2) is 9.67 Å². The molecule has 0 saturated carbocycles. The molecule has 1 heterocycles. The fourth-order valence-electron chi connectivity index (χ4n) is 0.820. The van der Waals surface area contributed by atoms with Gasteiger partial charge in [-0.15, -0.1) is 0 Å². The summed E-state index contributed by atoms with van der Waals surface area (Å²) >= 11 is 5.04. The summed E-state index contributed by atoms with van der Waals surface area (Å²) in [6.45, 7) is 6.36. The first-order valence-electron chi connectivity index (χ1n) is 4.01. The Bertz CT molecular complexity index is 276. The molecule has 0 atom stereocenters. The van der Waals surface area contributed by atoms with Crippen LogP contribution in [-0.2, 0) is 11.3 Å². The lowest BCUT2D eigenvalue weighted by Gasteiger charge is -2.21. The SMILES string of the molecule is CC(C)(C)OC(=S)Cn1cncn1. The first kappa shape index (κ1) is 10.1. The van der Waals surface area contributed by atoms with Crippen molar-refractivity contribution in [2.75, 3.05) is 0 Å². The second kappa shape index (κ2) is 3.83.